The standard InChI is InChI=1S/C14H10BrClN2O2S/c15-13-6-5-12(16)7-14(13)18-21(19,20)9-11-3-1-10(8-17)2-4-11/h1-7,18H,9H2. The second-order valence-electron chi connectivity index (χ2n) is 4.29. The molecule has 0 aliphatic carbocycles. The van der Waals surface area contributed by atoms with Gasteiger partial charge in [0.25, 0.3) is 0 Å². The van der Waals surface area contributed by atoms with Crippen molar-refractivity contribution < 1.29 is 8.42 Å². The molecule has 0 aromatic heterocycles. The Bertz CT molecular complexity index is 799. The number of anilines is 1. The van der Waals surface area contributed by atoms with E-state index in [1.165, 1.54) is 6.07 Å². The first-order valence-corrected chi connectivity index (χ1v) is 8.66. The minimum absolute atomic E-state index is 0.183. The molecule has 7 heteroatoms. The van der Waals surface area contributed by atoms with E-state index in [4.69, 9.17) is 16.9 Å². The molecule has 0 saturated carbocycles. The molecule has 0 atom stereocenters. The molecule has 0 radical (unpaired) electrons. The van der Waals surface area contributed by atoms with E-state index in [9.17, 15) is 8.42 Å². The van der Waals surface area contributed by atoms with Crippen LogP contribution < -0.4 is 4.72 Å². The maximum Gasteiger partial charge on any atom is 0.236 e. The average Bonchev–Trinajstić information content (AvgIpc) is 2.43. The summed E-state index contributed by atoms with van der Waals surface area (Å²) in [5.74, 6) is -0.183. The highest BCUT2D eigenvalue weighted by atomic mass is 79.9. The molecule has 0 spiro atoms. The zero-order valence-corrected chi connectivity index (χ0v) is 13.8. The third-order valence-corrected chi connectivity index (χ3v) is 4.80. The van der Waals surface area contributed by atoms with Crippen LogP contribution in [0.25, 0.3) is 0 Å². The van der Waals surface area contributed by atoms with Crippen LogP contribution >= 0.6 is 27.5 Å². The molecule has 0 fully saturated rings. The third kappa shape index (κ3) is 4.46. The van der Waals surface area contributed by atoms with E-state index in [-0.39, 0.29) is 5.75 Å². The van der Waals surface area contributed by atoms with Crippen molar-refractivity contribution in [3.63, 3.8) is 0 Å². The second-order valence-corrected chi connectivity index (χ2v) is 7.31. The van der Waals surface area contributed by atoms with Crippen LogP contribution in [0.4, 0.5) is 5.69 Å². The number of sulfonamides is 1. The van der Waals surface area contributed by atoms with Crippen molar-refractivity contribution in [3.8, 4) is 6.07 Å². The smallest absolute Gasteiger partial charge is 0.236 e. The summed E-state index contributed by atoms with van der Waals surface area (Å²) in [6.07, 6.45) is 0. The lowest BCUT2D eigenvalue weighted by atomic mass is 10.2. The Labute approximate surface area is 136 Å². The molecule has 21 heavy (non-hydrogen) atoms. The van der Waals surface area contributed by atoms with Crippen LogP contribution in [0.15, 0.2) is 46.9 Å². The zero-order chi connectivity index (χ0) is 15.5. The topological polar surface area (TPSA) is 70.0 Å². The Hall–Kier alpha value is -1.55. The fourth-order valence-corrected chi connectivity index (χ4v) is 3.53. The normalized spacial score (nSPS) is 10.9. The number of hydrogen-bond donors (Lipinski definition) is 1. The average molecular weight is 386 g/mol. The highest BCUT2D eigenvalue weighted by Crippen LogP contribution is 2.27. The van der Waals surface area contributed by atoms with E-state index >= 15 is 0 Å². The lowest BCUT2D eigenvalue weighted by Gasteiger charge is -2.10. The molecule has 0 aliphatic heterocycles. The molecule has 0 aliphatic rings. The molecule has 108 valence electrons. The first-order chi connectivity index (χ1) is 9.89. The minimum atomic E-state index is -3.57. The minimum Gasteiger partial charge on any atom is -0.282 e. The van der Waals surface area contributed by atoms with Crippen molar-refractivity contribution in [1.29, 1.82) is 5.26 Å². The van der Waals surface area contributed by atoms with Crippen LogP contribution in [0.5, 0.6) is 0 Å². The molecule has 0 amide bonds. The van der Waals surface area contributed by atoms with Crippen LogP contribution in [0.2, 0.25) is 5.02 Å². The van der Waals surface area contributed by atoms with Crippen LogP contribution in [0.1, 0.15) is 11.1 Å². The predicted molar refractivity (Wildman–Crippen MR) is 86.6 cm³/mol. The van der Waals surface area contributed by atoms with Crippen LogP contribution in [0.3, 0.4) is 0 Å². The lowest BCUT2D eigenvalue weighted by molar-refractivity contribution is 0.600. The van der Waals surface area contributed by atoms with Crippen LogP contribution in [-0.2, 0) is 15.8 Å². The first kappa shape index (κ1) is 15.8. The number of nitriles is 1. The van der Waals surface area contributed by atoms with Gasteiger partial charge >= 0.3 is 0 Å². The monoisotopic (exact) mass is 384 g/mol. The predicted octanol–water partition coefficient (Wildman–Crippen LogP) is 3.92. The molecule has 0 unspecified atom stereocenters. The van der Waals surface area contributed by atoms with Gasteiger partial charge in [0.1, 0.15) is 0 Å². The molecular weight excluding hydrogens is 376 g/mol. The molecule has 0 heterocycles. The molecule has 2 aromatic carbocycles. The fraction of sp³-hybridized carbons (Fsp3) is 0.0714. The van der Waals surface area contributed by atoms with Gasteiger partial charge in [0.05, 0.1) is 23.1 Å². The highest BCUT2D eigenvalue weighted by molar-refractivity contribution is 9.10. The van der Waals surface area contributed by atoms with Gasteiger partial charge in [-0.2, -0.15) is 5.26 Å². The summed E-state index contributed by atoms with van der Waals surface area (Å²) in [4.78, 5) is 0. The molecule has 1 N–H and O–H groups in total. The Kier molecular flexibility index (Phi) is 4.88. The second kappa shape index (κ2) is 6.48. The molecule has 0 saturated heterocycles. The highest BCUT2D eigenvalue weighted by Gasteiger charge is 2.14. The van der Waals surface area contributed by atoms with Gasteiger partial charge < -0.3 is 0 Å². The van der Waals surface area contributed by atoms with E-state index in [1.54, 1.807) is 36.4 Å². The van der Waals surface area contributed by atoms with Crippen molar-refractivity contribution in [1.82, 2.24) is 0 Å². The van der Waals surface area contributed by atoms with Crippen molar-refractivity contribution in [3.05, 3.63) is 63.1 Å². The van der Waals surface area contributed by atoms with Crippen molar-refractivity contribution in [2.45, 2.75) is 5.75 Å². The Morgan fingerprint density at radius 1 is 1.19 bits per heavy atom. The number of rotatable bonds is 4. The van der Waals surface area contributed by atoms with Crippen molar-refractivity contribution in [2.24, 2.45) is 0 Å². The largest absolute Gasteiger partial charge is 0.282 e. The third-order valence-electron chi connectivity index (χ3n) is 2.63. The molecule has 0 bridgehead atoms. The number of nitrogens with zero attached hydrogens (tertiary/aromatic N) is 1. The summed E-state index contributed by atoms with van der Waals surface area (Å²) in [6.45, 7) is 0. The summed E-state index contributed by atoms with van der Waals surface area (Å²) in [5, 5.41) is 9.15. The summed E-state index contributed by atoms with van der Waals surface area (Å²) in [5.41, 5.74) is 1.47. The summed E-state index contributed by atoms with van der Waals surface area (Å²) in [7, 11) is -3.57. The van der Waals surface area contributed by atoms with E-state index in [0.29, 0.717) is 26.3 Å². The maximum absolute atomic E-state index is 12.1. The van der Waals surface area contributed by atoms with Gasteiger partial charge in [-0.1, -0.05) is 23.7 Å². The number of halogens is 2. The van der Waals surface area contributed by atoms with Gasteiger partial charge in [0.2, 0.25) is 10.0 Å². The Morgan fingerprint density at radius 3 is 2.48 bits per heavy atom. The zero-order valence-electron chi connectivity index (χ0n) is 10.7. The van der Waals surface area contributed by atoms with Crippen molar-refractivity contribution >= 4 is 43.2 Å². The summed E-state index contributed by atoms with van der Waals surface area (Å²) >= 11 is 9.12. The number of nitrogens with one attached hydrogen (secondary N) is 1. The van der Waals surface area contributed by atoms with Gasteiger partial charge in [-0.15, -0.1) is 0 Å². The van der Waals surface area contributed by atoms with E-state index in [2.05, 4.69) is 20.7 Å². The van der Waals surface area contributed by atoms with E-state index in [1.807, 2.05) is 6.07 Å². The Morgan fingerprint density at radius 2 is 1.86 bits per heavy atom. The van der Waals surface area contributed by atoms with E-state index < -0.39 is 10.0 Å². The van der Waals surface area contributed by atoms with Gasteiger partial charge in [0, 0.05) is 9.50 Å². The number of benzene rings is 2. The maximum atomic E-state index is 12.1. The number of hydrogen-bond acceptors (Lipinski definition) is 3. The first-order valence-electron chi connectivity index (χ1n) is 5.84. The molecule has 2 rings (SSSR count). The lowest BCUT2D eigenvalue weighted by Crippen LogP contribution is -2.15. The molecular formula is C14H10BrClN2O2S. The van der Waals surface area contributed by atoms with E-state index in [0.717, 1.165) is 0 Å². The fourth-order valence-electron chi connectivity index (χ4n) is 1.67. The summed E-state index contributed by atoms with van der Waals surface area (Å²) in [6, 6.07) is 13.2. The quantitative estimate of drug-likeness (QED) is 0.867. The SMILES string of the molecule is N#Cc1ccc(CS(=O)(=O)Nc2cc(Cl)ccc2Br)cc1. The Balaban J connectivity index is 2.18. The molecule has 2 aromatic rings. The molecule has 4 nitrogen and oxygen atoms in total. The van der Waals surface area contributed by atoms with Crippen LogP contribution in [-0.4, -0.2) is 8.42 Å². The summed E-state index contributed by atoms with van der Waals surface area (Å²) < 4.78 is 27.4. The van der Waals surface area contributed by atoms with Crippen LogP contribution in [0, 0.1) is 11.3 Å². The van der Waals surface area contributed by atoms with Gasteiger partial charge in [-0.05, 0) is 51.8 Å². The van der Waals surface area contributed by atoms with Gasteiger partial charge in [0.15, 0.2) is 0 Å². The van der Waals surface area contributed by atoms with Gasteiger partial charge in [-0.3, -0.25) is 4.72 Å². The van der Waals surface area contributed by atoms with Gasteiger partial charge in [-0.25, -0.2) is 8.42 Å². The van der Waals surface area contributed by atoms with Crippen molar-refractivity contribution in [2.75, 3.05) is 4.72 Å².